The number of hydrogen-bond donors (Lipinski definition) is 0. The molecule has 0 saturated heterocycles. The standard InChI is InChI=1S/C16H16BrF2NO2/c1-10-12(17)4-5-15(20(10)2)16-13(18)8-11(9-14(16)19)22-7-6-21-3/h4-5,8-9H,1,6-7H2,2-3H3. The van der Waals surface area contributed by atoms with Crippen molar-refractivity contribution < 1.29 is 18.3 Å². The molecule has 1 aliphatic rings. The Bertz CT molecular complexity index is 633. The molecule has 2 rings (SSSR count). The average Bonchev–Trinajstić information content (AvgIpc) is 2.47. The molecule has 6 heteroatoms. The summed E-state index contributed by atoms with van der Waals surface area (Å²) in [7, 11) is 3.22. The van der Waals surface area contributed by atoms with Crippen LogP contribution in [0.1, 0.15) is 5.56 Å². The van der Waals surface area contributed by atoms with E-state index in [0.29, 0.717) is 18.0 Å². The first-order valence-electron chi connectivity index (χ1n) is 6.57. The van der Waals surface area contributed by atoms with Gasteiger partial charge in [0.05, 0.1) is 17.9 Å². The molecule has 0 bridgehead atoms. The van der Waals surface area contributed by atoms with Crippen molar-refractivity contribution in [2.24, 2.45) is 0 Å². The third-order valence-electron chi connectivity index (χ3n) is 3.26. The molecule has 0 saturated carbocycles. The first kappa shape index (κ1) is 16.7. The van der Waals surface area contributed by atoms with Gasteiger partial charge in [-0.25, -0.2) is 8.78 Å². The van der Waals surface area contributed by atoms with Gasteiger partial charge in [-0.05, 0) is 28.1 Å². The highest BCUT2D eigenvalue weighted by Crippen LogP contribution is 2.35. The van der Waals surface area contributed by atoms with Crippen molar-refractivity contribution in [3.05, 3.63) is 58.2 Å². The Kier molecular flexibility index (Phi) is 5.37. The number of hydrogen-bond acceptors (Lipinski definition) is 3. The van der Waals surface area contributed by atoms with E-state index in [1.165, 1.54) is 19.2 Å². The highest BCUT2D eigenvalue weighted by atomic mass is 79.9. The smallest absolute Gasteiger partial charge is 0.139 e. The number of ether oxygens (including phenoxy) is 2. The van der Waals surface area contributed by atoms with Gasteiger partial charge in [-0.15, -0.1) is 0 Å². The van der Waals surface area contributed by atoms with Gasteiger partial charge in [0.1, 0.15) is 24.0 Å². The quantitative estimate of drug-likeness (QED) is 0.728. The van der Waals surface area contributed by atoms with Gasteiger partial charge in [-0.3, -0.25) is 0 Å². The van der Waals surface area contributed by atoms with E-state index in [1.54, 1.807) is 24.1 Å². The maximum absolute atomic E-state index is 14.3. The zero-order valence-corrected chi connectivity index (χ0v) is 13.9. The maximum atomic E-state index is 14.3. The summed E-state index contributed by atoms with van der Waals surface area (Å²) in [5, 5.41) is 0. The van der Waals surface area contributed by atoms with E-state index in [1.807, 2.05) is 0 Å². The molecule has 118 valence electrons. The topological polar surface area (TPSA) is 21.7 Å². The molecule has 0 radical (unpaired) electrons. The second kappa shape index (κ2) is 7.07. The van der Waals surface area contributed by atoms with Crippen LogP contribution in [0.15, 0.2) is 41.0 Å². The van der Waals surface area contributed by atoms with Crippen molar-refractivity contribution in [1.29, 1.82) is 0 Å². The summed E-state index contributed by atoms with van der Waals surface area (Å²) >= 11 is 3.33. The molecular weight excluding hydrogens is 356 g/mol. The first-order chi connectivity index (χ1) is 10.5. The number of benzene rings is 1. The first-order valence-corrected chi connectivity index (χ1v) is 7.36. The van der Waals surface area contributed by atoms with Crippen LogP contribution in [-0.2, 0) is 4.74 Å². The lowest BCUT2D eigenvalue weighted by Crippen LogP contribution is -2.19. The third-order valence-corrected chi connectivity index (χ3v) is 3.98. The normalized spacial score (nSPS) is 14.8. The van der Waals surface area contributed by atoms with Gasteiger partial charge in [-0.2, -0.15) is 0 Å². The van der Waals surface area contributed by atoms with E-state index >= 15 is 0 Å². The summed E-state index contributed by atoms with van der Waals surface area (Å²) in [6.07, 6.45) is 3.34. The molecule has 0 N–H and O–H groups in total. The zero-order valence-electron chi connectivity index (χ0n) is 12.3. The van der Waals surface area contributed by atoms with Crippen LogP contribution in [0.3, 0.4) is 0 Å². The predicted molar refractivity (Wildman–Crippen MR) is 85.6 cm³/mol. The van der Waals surface area contributed by atoms with Crippen molar-refractivity contribution in [3.8, 4) is 5.75 Å². The molecule has 0 aromatic heterocycles. The Hall–Kier alpha value is -1.66. The summed E-state index contributed by atoms with van der Waals surface area (Å²) in [5.74, 6) is -1.25. The van der Waals surface area contributed by atoms with Crippen molar-refractivity contribution in [2.45, 2.75) is 0 Å². The average molecular weight is 372 g/mol. The minimum absolute atomic E-state index is 0.112. The SMILES string of the molecule is C=C1C(Br)=CC=C(c2c(F)cc(OCCOC)cc2F)N1C. The number of halogens is 3. The van der Waals surface area contributed by atoms with Gasteiger partial charge in [-0.1, -0.05) is 6.58 Å². The minimum Gasteiger partial charge on any atom is -0.491 e. The van der Waals surface area contributed by atoms with Crippen LogP contribution in [0.4, 0.5) is 8.78 Å². The van der Waals surface area contributed by atoms with Gasteiger partial charge in [0.15, 0.2) is 0 Å². The van der Waals surface area contributed by atoms with Crippen LogP contribution >= 0.6 is 15.9 Å². The fourth-order valence-corrected chi connectivity index (χ4v) is 2.44. The Morgan fingerprint density at radius 1 is 1.18 bits per heavy atom. The zero-order chi connectivity index (χ0) is 16.3. The fraction of sp³-hybridized carbons (Fsp3) is 0.250. The van der Waals surface area contributed by atoms with Crippen LogP contribution in [-0.4, -0.2) is 32.3 Å². The molecule has 1 aliphatic heterocycles. The van der Waals surface area contributed by atoms with Crippen LogP contribution < -0.4 is 4.74 Å². The van der Waals surface area contributed by atoms with Crippen molar-refractivity contribution in [1.82, 2.24) is 4.90 Å². The predicted octanol–water partition coefficient (Wildman–Crippen LogP) is 4.07. The van der Waals surface area contributed by atoms with Crippen LogP contribution in [0.5, 0.6) is 5.75 Å². The van der Waals surface area contributed by atoms with Crippen molar-refractivity contribution in [2.75, 3.05) is 27.4 Å². The number of allylic oxidation sites excluding steroid dienone is 3. The van der Waals surface area contributed by atoms with E-state index in [9.17, 15) is 8.78 Å². The van der Waals surface area contributed by atoms with Gasteiger partial charge in [0, 0.05) is 36.5 Å². The summed E-state index contributed by atoms with van der Waals surface area (Å²) in [4.78, 5) is 1.62. The number of methoxy groups -OCH3 is 1. The Morgan fingerprint density at radius 2 is 1.82 bits per heavy atom. The molecule has 0 fully saturated rings. The molecular formula is C16H16BrF2NO2. The van der Waals surface area contributed by atoms with Crippen LogP contribution in [0, 0.1) is 11.6 Å². The molecule has 0 spiro atoms. The summed E-state index contributed by atoms with van der Waals surface area (Å²) in [6.45, 7) is 4.44. The van der Waals surface area contributed by atoms with Gasteiger partial charge < -0.3 is 14.4 Å². The van der Waals surface area contributed by atoms with Gasteiger partial charge in [0.25, 0.3) is 0 Å². The second-order valence-electron chi connectivity index (χ2n) is 4.68. The Labute approximate surface area is 136 Å². The summed E-state index contributed by atoms with van der Waals surface area (Å²) in [5.41, 5.74) is 0.905. The lowest BCUT2D eigenvalue weighted by molar-refractivity contribution is 0.146. The minimum atomic E-state index is -0.690. The Morgan fingerprint density at radius 3 is 2.41 bits per heavy atom. The van der Waals surface area contributed by atoms with E-state index in [2.05, 4.69) is 22.5 Å². The number of rotatable bonds is 5. The van der Waals surface area contributed by atoms with E-state index in [4.69, 9.17) is 9.47 Å². The highest BCUT2D eigenvalue weighted by molar-refractivity contribution is 9.12. The lowest BCUT2D eigenvalue weighted by Gasteiger charge is -2.28. The van der Waals surface area contributed by atoms with E-state index < -0.39 is 11.6 Å². The van der Waals surface area contributed by atoms with E-state index in [0.717, 1.165) is 4.48 Å². The second-order valence-corrected chi connectivity index (χ2v) is 5.53. The van der Waals surface area contributed by atoms with Gasteiger partial charge in [0.2, 0.25) is 0 Å². The fourth-order valence-electron chi connectivity index (χ4n) is 2.04. The summed E-state index contributed by atoms with van der Waals surface area (Å²) in [6, 6.07) is 2.33. The third kappa shape index (κ3) is 3.39. The molecule has 1 heterocycles. The Balaban J connectivity index is 2.35. The monoisotopic (exact) mass is 371 g/mol. The van der Waals surface area contributed by atoms with Crippen molar-refractivity contribution >= 4 is 21.6 Å². The van der Waals surface area contributed by atoms with Gasteiger partial charge >= 0.3 is 0 Å². The molecule has 0 aliphatic carbocycles. The molecule has 0 amide bonds. The maximum Gasteiger partial charge on any atom is 0.139 e. The molecule has 1 aromatic rings. The molecule has 1 aromatic carbocycles. The highest BCUT2D eigenvalue weighted by Gasteiger charge is 2.23. The molecule has 0 atom stereocenters. The number of likely N-dealkylation sites (N-methyl/N-ethyl adjacent to an activating group) is 1. The summed E-state index contributed by atoms with van der Waals surface area (Å²) < 4.78 is 39.5. The van der Waals surface area contributed by atoms with Crippen molar-refractivity contribution in [3.63, 3.8) is 0 Å². The van der Waals surface area contributed by atoms with Crippen LogP contribution in [0.2, 0.25) is 0 Å². The molecule has 22 heavy (non-hydrogen) atoms. The van der Waals surface area contributed by atoms with E-state index in [-0.39, 0.29) is 17.9 Å². The number of nitrogens with zero attached hydrogens (tertiary/aromatic N) is 1. The van der Waals surface area contributed by atoms with Crippen LogP contribution in [0.25, 0.3) is 5.70 Å². The molecule has 0 unspecified atom stereocenters. The lowest BCUT2D eigenvalue weighted by atomic mass is 10.1. The largest absolute Gasteiger partial charge is 0.491 e. The molecule has 3 nitrogen and oxygen atoms in total.